The maximum absolute atomic E-state index is 13.3. The second-order valence-corrected chi connectivity index (χ2v) is 23.0. The minimum absolute atomic E-state index is 0.00149. The van der Waals surface area contributed by atoms with Crippen LogP contribution >= 0.6 is 7.82 Å². The van der Waals surface area contributed by atoms with Crippen LogP contribution in [0.1, 0.15) is 48.0 Å². The molecule has 36 nitrogen and oxygen atoms in total. The third-order valence-corrected chi connectivity index (χ3v) is 14.4. The van der Waals surface area contributed by atoms with Gasteiger partial charge in [0.1, 0.15) is 73.1 Å². The molecule has 37 heteroatoms. The highest BCUT2D eigenvalue weighted by Crippen LogP contribution is 2.47. The van der Waals surface area contributed by atoms with Crippen LogP contribution in [0, 0.1) is 0 Å². The standard InChI is InChI=1S/C51H95N8O28P/c1-30(63)55-39-45(72)42(69)33(27-60)84-48(39)80-21-18-77-14-8-52-36(66)24-58(13-17-83-88(75,76)87-51(4,5)6)11-7-12-59(25-37(67)53-9-15-78-19-22-81-49-40(56-31(2)64)46(73)43(70)34(28-61)85-49)26-38(68)54-10-16-79-20-23-82-50-41(57-32(3)65)47(74)44(71)35(29-62)86-50/h33-35,39-50,60-62,69-74H,7-29H2,1-6H3,(H,52,66)(H,53,67)(H,54,68)(H,55,63)(H,56,64)(H,57,65)(H,75,76). The van der Waals surface area contributed by atoms with E-state index >= 15 is 0 Å². The summed E-state index contributed by atoms with van der Waals surface area (Å²) in [6.07, 6.45) is -16.1. The molecule has 6 amide bonds. The minimum atomic E-state index is -4.54. The Kier molecular flexibility index (Phi) is 36.4. The van der Waals surface area contributed by atoms with E-state index in [-0.39, 0.29) is 131 Å². The summed E-state index contributed by atoms with van der Waals surface area (Å²) < 4.78 is 73.3. The number of rotatable bonds is 42. The van der Waals surface area contributed by atoms with Crippen LogP contribution < -0.4 is 31.9 Å². The van der Waals surface area contributed by atoms with Gasteiger partial charge in [-0.25, -0.2) is 4.57 Å². The van der Waals surface area contributed by atoms with E-state index in [1.807, 2.05) is 0 Å². The van der Waals surface area contributed by atoms with Gasteiger partial charge in [-0.2, -0.15) is 0 Å². The summed E-state index contributed by atoms with van der Waals surface area (Å²) in [5, 5.41) is 106. The number of aliphatic hydroxyl groups excluding tert-OH is 9. The molecular weight excluding hydrogens is 1200 g/mol. The van der Waals surface area contributed by atoms with E-state index in [4.69, 9.17) is 51.7 Å². The highest BCUT2D eigenvalue weighted by molar-refractivity contribution is 7.47. The second kappa shape index (κ2) is 40.9. The van der Waals surface area contributed by atoms with Crippen LogP contribution in [0.2, 0.25) is 0 Å². The lowest BCUT2D eigenvalue weighted by molar-refractivity contribution is -0.272. The summed E-state index contributed by atoms with van der Waals surface area (Å²) in [7, 11) is -4.54. The molecule has 16 unspecified atom stereocenters. The van der Waals surface area contributed by atoms with Gasteiger partial charge in [0, 0.05) is 53.5 Å². The van der Waals surface area contributed by atoms with Crippen LogP contribution in [0.3, 0.4) is 0 Å². The molecule has 0 aromatic heterocycles. The van der Waals surface area contributed by atoms with Crippen molar-refractivity contribution in [2.24, 2.45) is 0 Å². The van der Waals surface area contributed by atoms with Crippen molar-refractivity contribution >= 4 is 43.3 Å². The Morgan fingerprint density at radius 2 is 0.784 bits per heavy atom. The molecule has 3 heterocycles. The van der Waals surface area contributed by atoms with Crippen molar-refractivity contribution < 1.29 is 136 Å². The van der Waals surface area contributed by atoms with Gasteiger partial charge in [0.2, 0.25) is 35.4 Å². The number of nitrogens with zero attached hydrogens (tertiary/aromatic N) is 2. The molecule has 3 aliphatic rings. The first-order valence-corrected chi connectivity index (χ1v) is 30.3. The Bertz CT molecular complexity index is 2050. The summed E-state index contributed by atoms with van der Waals surface area (Å²) in [5.41, 5.74) is -1.04. The molecule has 88 heavy (non-hydrogen) atoms. The zero-order chi connectivity index (χ0) is 65.6. The van der Waals surface area contributed by atoms with E-state index in [0.29, 0.717) is 0 Å². The Balaban J connectivity index is 1.59. The van der Waals surface area contributed by atoms with Crippen LogP contribution in [-0.2, 0) is 85.0 Å². The molecule has 0 aromatic rings. The minimum Gasteiger partial charge on any atom is -0.394 e. The van der Waals surface area contributed by atoms with Crippen molar-refractivity contribution in [3.05, 3.63) is 0 Å². The van der Waals surface area contributed by atoms with Gasteiger partial charge in [0.25, 0.3) is 0 Å². The Morgan fingerprint density at radius 3 is 1.09 bits per heavy atom. The number of carbonyl (C=O) groups is 6. The monoisotopic (exact) mass is 1300 g/mol. The van der Waals surface area contributed by atoms with Crippen molar-refractivity contribution in [1.82, 2.24) is 41.7 Å². The lowest BCUT2D eigenvalue weighted by atomic mass is 9.97. The zero-order valence-electron chi connectivity index (χ0n) is 50.6. The number of hydrogen-bond acceptors (Lipinski definition) is 29. The molecule has 0 bridgehead atoms. The lowest BCUT2D eigenvalue weighted by Gasteiger charge is -2.42. The van der Waals surface area contributed by atoms with Gasteiger partial charge in [-0.1, -0.05) is 0 Å². The molecule has 0 aliphatic carbocycles. The third kappa shape index (κ3) is 29.6. The highest BCUT2D eigenvalue weighted by atomic mass is 31.2. The molecule has 0 saturated carbocycles. The molecule has 3 fully saturated rings. The van der Waals surface area contributed by atoms with Crippen LogP contribution in [0.15, 0.2) is 0 Å². The molecule has 16 atom stereocenters. The normalized spacial score (nSPS) is 28.2. The second-order valence-electron chi connectivity index (χ2n) is 21.6. The zero-order valence-corrected chi connectivity index (χ0v) is 51.5. The topological polar surface area (TPSA) is 502 Å². The summed E-state index contributed by atoms with van der Waals surface area (Å²) >= 11 is 0. The number of amides is 6. The summed E-state index contributed by atoms with van der Waals surface area (Å²) in [5.74, 6) is -3.09. The predicted molar refractivity (Wildman–Crippen MR) is 300 cm³/mol. The van der Waals surface area contributed by atoms with E-state index in [9.17, 15) is 84.2 Å². The van der Waals surface area contributed by atoms with Crippen LogP contribution in [0.5, 0.6) is 0 Å². The lowest BCUT2D eigenvalue weighted by Crippen LogP contribution is -2.64. The fourth-order valence-corrected chi connectivity index (χ4v) is 10.1. The fraction of sp³-hybridized carbons (Fsp3) is 0.882. The van der Waals surface area contributed by atoms with Crippen LogP contribution in [0.25, 0.3) is 0 Å². The van der Waals surface area contributed by atoms with Gasteiger partial charge in [0.15, 0.2) is 18.9 Å². The number of nitrogens with one attached hydrogen (secondary N) is 6. The number of hydrogen-bond donors (Lipinski definition) is 16. The molecule has 3 rings (SSSR count). The Morgan fingerprint density at radius 1 is 0.466 bits per heavy atom. The van der Waals surface area contributed by atoms with E-state index < -0.39 is 161 Å². The molecule has 3 saturated heterocycles. The molecule has 0 radical (unpaired) electrons. The van der Waals surface area contributed by atoms with Gasteiger partial charge >= 0.3 is 7.82 Å². The molecular formula is C51H95N8O28P. The van der Waals surface area contributed by atoms with Crippen molar-refractivity contribution in [3.8, 4) is 0 Å². The number of phosphoric acid groups is 1. The summed E-state index contributed by atoms with van der Waals surface area (Å²) in [6.45, 7) is 4.87. The maximum atomic E-state index is 13.3. The van der Waals surface area contributed by atoms with E-state index in [1.54, 1.807) is 25.7 Å². The van der Waals surface area contributed by atoms with E-state index in [2.05, 4.69) is 31.9 Å². The molecule has 3 aliphatic heterocycles. The number of aliphatic hydroxyl groups is 9. The average molecular weight is 1300 g/mol. The number of ether oxygens (including phenoxy) is 9. The smallest absolute Gasteiger partial charge is 0.394 e. The Labute approximate surface area is 509 Å². The average Bonchev–Trinajstić information content (AvgIpc) is 1.32. The van der Waals surface area contributed by atoms with Crippen molar-refractivity contribution in [3.63, 3.8) is 0 Å². The predicted octanol–water partition coefficient (Wildman–Crippen LogP) is -8.81. The van der Waals surface area contributed by atoms with Crippen molar-refractivity contribution in [1.29, 1.82) is 0 Å². The number of carbonyl (C=O) groups excluding carboxylic acids is 6. The van der Waals surface area contributed by atoms with Crippen molar-refractivity contribution in [2.75, 3.05) is 145 Å². The van der Waals surface area contributed by atoms with E-state index in [0.717, 1.165) is 0 Å². The SMILES string of the molecule is CC(=O)NC1C(OCCOCCNC(=O)CN(CCCN(CC(=O)NCCOCCOC2OC(CO)C(O)C(O)C2NC(C)=O)CC(=O)NCCOCCOC2OC(CO)C(O)C(O)C2NC(C)=O)CCOP(=O)(O)OC(C)(C)C)OC(CO)C(O)C1O. The molecule has 512 valence electrons. The Hall–Kier alpha value is -3.87. The first-order valence-electron chi connectivity index (χ1n) is 28.8. The van der Waals surface area contributed by atoms with Gasteiger partial charge in [-0.15, -0.1) is 0 Å². The van der Waals surface area contributed by atoms with Crippen LogP contribution in [0.4, 0.5) is 0 Å². The van der Waals surface area contributed by atoms with E-state index in [1.165, 1.54) is 25.7 Å². The third-order valence-electron chi connectivity index (χ3n) is 13.1. The highest BCUT2D eigenvalue weighted by Gasteiger charge is 2.48. The summed E-state index contributed by atoms with van der Waals surface area (Å²) in [6, 6.07) is -3.47. The van der Waals surface area contributed by atoms with Crippen LogP contribution in [-0.4, -0.2) is 338 Å². The quantitative estimate of drug-likeness (QED) is 0.0199. The number of phosphoric ester groups is 1. The fourth-order valence-electron chi connectivity index (χ4n) is 9.04. The maximum Gasteiger partial charge on any atom is 0.472 e. The summed E-state index contributed by atoms with van der Waals surface area (Å²) in [4.78, 5) is 88.6. The molecule has 16 N–H and O–H groups in total. The van der Waals surface area contributed by atoms with Crippen molar-refractivity contribution in [2.45, 2.75) is 145 Å². The van der Waals surface area contributed by atoms with Gasteiger partial charge < -0.3 is 125 Å². The molecule has 0 aromatic carbocycles. The molecule has 0 spiro atoms. The largest absolute Gasteiger partial charge is 0.472 e. The van der Waals surface area contributed by atoms with Gasteiger partial charge in [0.05, 0.1) is 111 Å². The first kappa shape index (κ1) is 78.4. The van der Waals surface area contributed by atoms with Gasteiger partial charge in [-0.3, -0.25) is 47.6 Å². The first-order chi connectivity index (χ1) is 41.6. The van der Waals surface area contributed by atoms with Gasteiger partial charge in [-0.05, 0) is 33.7 Å².